The molecule has 1 heterocycles. The van der Waals surface area contributed by atoms with Gasteiger partial charge in [0.1, 0.15) is 0 Å². The number of ether oxygens (including phenoxy) is 2. The summed E-state index contributed by atoms with van der Waals surface area (Å²) in [5.74, 6) is 0.173. The highest BCUT2D eigenvalue weighted by molar-refractivity contribution is 5.95. The van der Waals surface area contributed by atoms with Gasteiger partial charge in [0, 0.05) is 24.2 Å². The van der Waals surface area contributed by atoms with E-state index in [0.29, 0.717) is 17.1 Å². The Hall–Kier alpha value is -3.23. The second kappa shape index (κ2) is 7.56. The number of hydrogen-bond donors (Lipinski definition) is 2. The van der Waals surface area contributed by atoms with Crippen LogP contribution in [0.5, 0.6) is 11.5 Å². The minimum Gasteiger partial charge on any atom is -0.454 e. The quantitative estimate of drug-likeness (QED) is 0.782. The summed E-state index contributed by atoms with van der Waals surface area (Å²) in [6.45, 7) is 0.381. The van der Waals surface area contributed by atoms with E-state index in [2.05, 4.69) is 10.6 Å². The lowest BCUT2D eigenvalue weighted by atomic mass is 10.1. The van der Waals surface area contributed by atoms with Gasteiger partial charge in [-0.05, 0) is 42.5 Å². The zero-order valence-corrected chi connectivity index (χ0v) is 13.9. The monoisotopic (exact) mass is 380 g/mol. The Morgan fingerprint density at radius 1 is 0.852 bits per heavy atom. The molecule has 2 aromatic rings. The molecule has 0 saturated carbocycles. The standard InChI is InChI=1S/C18H15F3N2O4/c19-18(20,21)13-4-1-11(2-5-13)16(24)22-7-8-23-17(25)12-3-6-14-15(9-12)27-10-26-14/h1-6,9H,7-8,10H2,(H,22,24)(H,23,25). The lowest BCUT2D eigenvalue weighted by molar-refractivity contribution is -0.137. The van der Waals surface area contributed by atoms with Gasteiger partial charge in [0.15, 0.2) is 11.5 Å². The molecule has 0 atom stereocenters. The van der Waals surface area contributed by atoms with Crippen LogP contribution in [-0.4, -0.2) is 31.7 Å². The lowest BCUT2D eigenvalue weighted by Crippen LogP contribution is -2.34. The lowest BCUT2D eigenvalue weighted by Gasteiger charge is -2.09. The first-order valence-electron chi connectivity index (χ1n) is 7.98. The van der Waals surface area contributed by atoms with E-state index in [1.165, 1.54) is 0 Å². The molecule has 142 valence electrons. The van der Waals surface area contributed by atoms with Gasteiger partial charge < -0.3 is 20.1 Å². The third-order valence-electron chi connectivity index (χ3n) is 3.81. The van der Waals surface area contributed by atoms with E-state index >= 15 is 0 Å². The van der Waals surface area contributed by atoms with Gasteiger partial charge in [-0.1, -0.05) is 0 Å². The van der Waals surface area contributed by atoms with Crippen LogP contribution in [0.15, 0.2) is 42.5 Å². The molecular weight excluding hydrogens is 365 g/mol. The number of rotatable bonds is 5. The summed E-state index contributed by atoms with van der Waals surface area (Å²) in [7, 11) is 0. The predicted octanol–water partition coefficient (Wildman–Crippen LogP) is 2.59. The maximum absolute atomic E-state index is 12.5. The second-order valence-electron chi connectivity index (χ2n) is 5.65. The molecule has 0 fully saturated rings. The topological polar surface area (TPSA) is 76.7 Å². The molecule has 0 spiro atoms. The maximum atomic E-state index is 12.5. The molecule has 2 N–H and O–H groups in total. The molecule has 0 bridgehead atoms. The molecule has 27 heavy (non-hydrogen) atoms. The molecule has 6 nitrogen and oxygen atoms in total. The highest BCUT2D eigenvalue weighted by Gasteiger charge is 2.30. The molecule has 1 aliphatic rings. The molecule has 9 heteroatoms. The van der Waals surface area contributed by atoms with E-state index in [9.17, 15) is 22.8 Å². The minimum atomic E-state index is -4.45. The number of carbonyl (C=O) groups excluding carboxylic acids is 2. The third kappa shape index (κ3) is 4.49. The molecule has 2 aromatic carbocycles. The third-order valence-corrected chi connectivity index (χ3v) is 3.81. The fraction of sp³-hybridized carbons (Fsp3) is 0.222. The Kier molecular flexibility index (Phi) is 5.20. The normalized spacial score (nSPS) is 12.6. The zero-order valence-electron chi connectivity index (χ0n) is 13.9. The predicted molar refractivity (Wildman–Crippen MR) is 88.7 cm³/mol. The van der Waals surface area contributed by atoms with E-state index in [-0.39, 0.29) is 31.4 Å². The number of benzene rings is 2. The van der Waals surface area contributed by atoms with Crippen LogP contribution in [0.2, 0.25) is 0 Å². The summed E-state index contributed by atoms with van der Waals surface area (Å²) in [5, 5.41) is 5.15. The van der Waals surface area contributed by atoms with Crippen LogP contribution >= 0.6 is 0 Å². The Balaban J connectivity index is 1.45. The minimum absolute atomic E-state index is 0.102. The van der Waals surface area contributed by atoms with Gasteiger partial charge in [-0.2, -0.15) is 13.2 Å². The van der Waals surface area contributed by atoms with Crippen molar-refractivity contribution in [2.24, 2.45) is 0 Å². The van der Waals surface area contributed by atoms with Crippen molar-refractivity contribution < 1.29 is 32.2 Å². The van der Waals surface area contributed by atoms with Crippen LogP contribution in [0.25, 0.3) is 0 Å². The number of alkyl halides is 3. The average molecular weight is 380 g/mol. The number of nitrogens with one attached hydrogen (secondary N) is 2. The van der Waals surface area contributed by atoms with E-state index in [1.54, 1.807) is 18.2 Å². The second-order valence-corrected chi connectivity index (χ2v) is 5.65. The Morgan fingerprint density at radius 3 is 2.04 bits per heavy atom. The van der Waals surface area contributed by atoms with Gasteiger partial charge in [-0.25, -0.2) is 0 Å². The highest BCUT2D eigenvalue weighted by atomic mass is 19.4. The first-order chi connectivity index (χ1) is 12.8. The summed E-state index contributed by atoms with van der Waals surface area (Å²) in [4.78, 5) is 24.0. The molecule has 0 aromatic heterocycles. The molecule has 2 amide bonds. The van der Waals surface area contributed by atoms with Crippen molar-refractivity contribution in [3.8, 4) is 11.5 Å². The van der Waals surface area contributed by atoms with Crippen molar-refractivity contribution in [1.82, 2.24) is 10.6 Å². The van der Waals surface area contributed by atoms with Gasteiger partial charge in [0.2, 0.25) is 6.79 Å². The highest BCUT2D eigenvalue weighted by Crippen LogP contribution is 2.32. The average Bonchev–Trinajstić information content (AvgIpc) is 3.12. The van der Waals surface area contributed by atoms with Crippen LogP contribution in [-0.2, 0) is 6.18 Å². The van der Waals surface area contributed by atoms with Crippen molar-refractivity contribution in [2.75, 3.05) is 19.9 Å². The zero-order chi connectivity index (χ0) is 19.4. The van der Waals surface area contributed by atoms with Gasteiger partial charge in [0.05, 0.1) is 5.56 Å². The van der Waals surface area contributed by atoms with Crippen LogP contribution in [0.3, 0.4) is 0 Å². The van der Waals surface area contributed by atoms with Crippen molar-refractivity contribution in [3.05, 3.63) is 59.2 Å². The van der Waals surface area contributed by atoms with Crippen LogP contribution in [0, 0.1) is 0 Å². The molecule has 0 saturated heterocycles. The number of carbonyl (C=O) groups is 2. The van der Waals surface area contributed by atoms with E-state index in [0.717, 1.165) is 24.3 Å². The fourth-order valence-corrected chi connectivity index (χ4v) is 2.40. The van der Waals surface area contributed by atoms with Crippen molar-refractivity contribution in [3.63, 3.8) is 0 Å². The van der Waals surface area contributed by atoms with Crippen LogP contribution in [0.4, 0.5) is 13.2 Å². The van der Waals surface area contributed by atoms with Crippen molar-refractivity contribution >= 4 is 11.8 Å². The summed E-state index contributed by atoms with van der Waals surface area (Å²) in [5.41, 5.74) is -0.339. The molecule has 1 aliphatic heterocycles. The maximum Gasteiger partial charge on any atom is 0.416 e. The number of hydrogen-bond acceptors (Lipinski definition) is 4. The first kappa shape index (κ1) is 18.6. The van der Waals surface area contributed by atoms with Gasteiger partial charge in [-0.15, -0.1) is 0 Å². The molecule has 3 rings (SSSR count). The number of fused-ring (bicyclic) bond motifs is 1. The summed E-state index contributed by atoms with van der Waals surface area (Å²) in [6, 6.07) is 8.66. The molecule has 0 aliphatic carbocycles. The van der Waals surface area contributed by atoms with Crippen LogP contribution < -0.4 is 20.1 Å². The van der Waals surface area contributed by atoms with E-state index in [4.69, 9.17) is 9.47 Å². The number of halogens is 3. The fourth-order valence-electron chi connectivity index (χ4n) is 2.40. The Bertz CT molecular complexity index is 851. The Labute approximate surface area is 152 Å². The van der Waals surface area contributed by atoms with E-state index < -0.39 is 17.6 Å². The largest absolute Gasteiger partial charge is 0.454 e. The molecule has 0 unspecified atom stereocenters. The molecule has 0 radical (unpaired) electrons. The first-order valence-corrected chi connectivity index (χ1v) is 7.98. The summed E-state index contributed by atoms with van der Waals surface area (Å²) < 4.78 is 47.9. The summed E-state index contributed by atoms with van der Waals surface area (Å²) >= 11 is 0. The summed E-state index contributed by atoms with van der Waals surface area (Å²) in [6.07, 6.45) is -4.45. The molecular formula is C18H15F3N2O4. The van der Waals surface area contributed by atoms with Gasteiger partial charge >= 0.3 is 6.18 Å². The van der Waals surface area contributed by atoms with Crippen molar-refractivity contribution in [2.45, 2.75) is 6.18 Å². The SMILES string of the molecule is O=C(NCCNC(=O)c1ccc2c(c1)OCO2)c1ccc(C(F)(F)F)cc1. The van der Waals surface area contributed by atoms with E-state index in [1.807, 2.05) is 0 Å². The van der Waals surface area contributed by atoms with Crippen LogP contribution in [0.1, 0.15) is 26.3 Å². The Morgan fingerprint density at radius 2 is 1.41 bits per heavy atom. The van der Waals surface area contributed by atoms with Gasteiger partial charge in [-0.3, -0.25) is 9.59 Å². The van der Waals surface area contributed by atoms with Crippen molar-refractivity contribution in [1.29, 1.82) is 0 Å². The number of amides is 2. The van der Waals surface area contributed by atoms with Gasteiger partial charge in [0.25, 0.3) is 11.8 Å². The smallest absolute Gasteiger partial charge is 0.416 e.